The molecular weight excluding hydrogens is 691 g/mol. The molecule has 1 atom stereocenters. The highest BCUT2D eigenvalue weighted by Gasteiger charge is 2.39. The van der Waals surface area contributed by atoms with Crippen molar-refractivity contribution < 1.29 is 40.7 Å². The second kappa shape index (κ2) is 14.5. The van der Waals surface area contributed by atoms with Crippen molar-refractivity contribution in [3.8, 4) is 17.0 Å². The Bertz CT molecular complexity index is 2070. The lowest BCUT2D eigenvalue weighted by atomic mass is 10.0. The van der Waals surface area contributed by atoms with Crippen molar-refractivity contribution >= 4 is 39.3 Å². The Morgan fingerprint density at radius 2 is 1.82 bits per heavy atom. The molecular formula is C34H34F3N7O6S. The molecule has 0 radical (unpaired) electrons. The third-order valence-electron chi connectivity index (χ3n) is 8.51. The number of ether oxygens (including phenoxy) is 1. The number of sulfonamides is 1. The maximum atomic E-state index is 13.2. The van der Waals surface area contributed by atoms with Gasteiger partial charge in [-0.1, -0.05) is 0 Å². The number of unbranched alkanes of at least 4 members (excludes halogenated alkanes) is 2. The van der Waals surface area contributed by atoms with E-state index in [9.17, 15) is 36.0 Å². The summed E-state index contributed by atoms with van der Waals surface area (Å²) in [6.07, 6.45) is 1.72. The van der Waals surface area contributed by atoms with Crippen molar-refractivity contribution in [2.75, 3.05) is 18.5 Å². The van der Waals surface area contributed by atoms with Crippen molar-refractivity contribution in [2.45, 2.75) is 55.8 Å². The van der Waals surface area contributed by atoms with E-state index in [1.54, 1.807) is 42.3 Å². The molecule has 3 N–H and O–H groups in total. The van der Waals surface area contributed by atoms with Gasteiger partial charge in [0.25, 0.3) is 5.91 Å². The summed E-state index contributed by atoms with van der Waals surface area (Å²) in [7, 11) is -2.17. The van der Waals surface area contributed by atoms with Crippen LogP contribution in [0, 0.1) is 0 Å². The number of hydrogen-bond donors (Lipinski definition) is 3. The fourth-order valence-electron chi connectivity index (χ4n) is 5.86. The number of pyridine rings is 1. The zero-order chi connectivity index (χ0) is 36.3. The monoisotopic (exact) mass is 725 g/mol. The number of amides is 3. The molecule has 1 saturated heterocycles. The number of halogens is 3. The zero-order valence-electron chi connectivity index (χ0n) is 27.4. The largest absolute Gasteiger partial charge is 0.494 e. The van der Waals surface area contributed by atoms with Gasteiger partial charge < -0.3 is 19.5 Å². The van der Waals surface area contributed by atoms with Gasteiger partial charge in [-0.2, -0.15) is 13.2 Å². The van der Waals surface area contributed by atoms with E-state index in [2.05, 4.69) is 25.3 Å². The van der Waals surface area contributed by atoms with Gasteiger partial charge in [-0.05, 0) is 79.8 Å². The molecule has 0 bridgehead atoms. The first-order valence-corrected chi connectivity index (χ1v) is 17.6. The van der Waals surface area contributed by atoms with E-state index >= 15 is 0 Å². The molecule has 0 spiro atoms. The Hall–Kier alpha value is -5.29. The number of aromatic nitrogens is 3. The third-order valence-corrected chi connectivity index (χ3v) is 9.97. The minimum atomic E-state index is -4.53. The Morgan fingerprint density at radius 3 is 2.53 bits per heavy atom. The predicted octanol–water partition coefficient (Wildman–Crippen LogP) is 4.53. The van der Waals surface area contributed by atoms with Crippen LogP contribution in [-0.4, -0.2) is 64.8 Å². The van der Waals surface area contributed by atoms with Crippen LogP contribution in [0.1, 0.15) is 53.6 Å². The minimum Gasteiger partial charge on any atom is -0.494 e. The van der Waals surface area contributed by atoms with E-state index in [4.69, 9.17) is 4.74 Å². The van der Waals surface area contributed by atoms with Crippen molar-refractivity contribution in [1.29, 1.82) is 0 Å². The van der Waals surface area contributed by atoms with E-state index in [1.807, 2.05) is 0 Å². The minimum absolute atomic E-state index is 0.0105. The van der Waals surface area contributed by atoms with Gasteiger partial charge in [0.1, 0.15) is 17.6 Å². The van der Waals surface area contributed by atoms with E-state index in [0.29, 0.717) is 60.3 Å². The van der Waals surface area contributed by atoms with Gasteiger partial charge in [0.05, 0.1) is 29.1 Å². The van der Waals surface area contributed by atoms with Crippen LogP contribution in [0.2, 0.25) is 0 Å². The molecule has 0 saturated carbocycles. The van der Waals surface area contributed by atoms with E-state index in [-0.39, 0.29) is 48.5 Å². The summed E-state index contributed by atoms with van der Waals surface area (Å²) in [6.45, 7) is 0.788. The molecule has 4 heterocycles. The van der Waals surface area contributed by atoms with Crippen LogP contribution in [0.3, 0.4) is 0 Å². The first-order valence-electron chi connectivity index (χ1n) is 16.1. The van der Waals surface area contributed by atoms with Gasteiger partial charge in [0.15, 0.2) is 0 Å². The quantitative estimate of drug-likeness (QED) is 0.133. The molecule has 2 aliphatic heterocycles. The Labute approximate surface area is 291 Å². The molecule has 6 rings (SSSR count). The number of alkyl halides is 3. The molecule has 4 aromatic rings. The Morgan fingerprint density at radius 1 is 1.00 bits per heavy atom. The summed E-state index contributed by atoms with van der Waals surface area (Å²) in [5.74, 6) is -0.361. The second-order valence-corrected chi connectivity index (χ2v) is 14.0. The molecule has 2 aromatic heterocycles. The van der Waals surface area contributed by atoms with Crippen molar-refractivity contribution in [3.05, 3.63) is 83.9 Å². The number of nitrogens with one attached hydrogen (secondary N) is 3. The summed E-state index contributed by atoms with van der Waals surface area (Å²) in [5, 5.41) is 5.24. The van der Waals surface area contributed by atoms with Gasteiger partial charge in [-0.15, -0.1) is 0 Å². The van der Waals surface area contributed by atoms with Crippen LogP contribution < -0.4 is 20.1 Å². The lowest BCUT2D eigenvalue weighted by molar-refractivity contribution is -0.138. The van der Waals surface area contributed by atoms with Crippen LogP contribution in [0.4, 0.5) is 24.7 Å². The summed E-state index contributed by atoms with van der Waals surface area (Å²) in [4.78, 5) is 46.3. The number of aryl methyl sites for hydroxylation is 1. The molecule has 0 unspecified atom stereocenters. The fourth-order valence-corrected chi connectivity index (χ4v) is 6.96. The average Bonchev–Trinajstić information content (AvgIpc) is 3.66. The fraction of sp³-hybridized carbons (Fsp3) is 0.324. The normalized spacial score (nSPS) is 16.3. The summed E-state index contributed by atoms with van der Waals surface area (Å²) in [5.41, 5.74) is 1.61. The molecule has 3 amide bonds. The number of imide groups is 1. The third kappa shape index (κ3) is 8.20. The van der Waals surface area contributed by atoms with Gasteiger partial charge in [-0.25, -0.2) is 23.1 Å². The van der Waals surface area contributed by atoms with Crippen molar-refractivity contribution in [3.63, 3.8) is 0 Å². The zero-order valence-corrected chi connectivity index (χ0v) is 28.2. The molecule has 268 valence electrons. The Kier molecular flexibility index (Phi) is 10.1. The SMILES string of the molecule is Cn1cnc(-c2cc(S(=O)(=O)NCCCCCOc3ccc4c(c3)CN([C@H]3CCC(=O)NC3=O)C4=O)ccc2Nc2ccc(C(F)(F)F)cn2)c1. The molecule has 2 aromatic carbocycles. The summed E-state index contributed by atoms with van der Waals surface area (Å²) >= 11 is 0. The number of hydrogen-bond acceptors (Lipinski definition) is 9. The van der Waals surface area contributed by atoms with Gasteiger partial charge >= 0.3 is 6.18 Å². The molecule has 17 heteroatoms. The number of carbonyl (C=O) groups is 3. The number of rotatable bonds is 13. The van der Waals surface area contributed by atoms with Crippen molar-refractivity contribution in [2.24, 2.45) is 7.05 Å². The lowest BCUT2D eigenvalue weighted by Crippen LogP contribution is -2.52. The van der Waals surface area contributed by atoms with Crippen LogP contribution in [0.15, 0.2) is 72.1 Å². The lowest BCUT2D eigenvalue weighted by Gasteiger charge is -2.29. The van der Waals surface area contributed by atoms with E-state index in [1.165, 1.54) is 29.2 Å². The highest BCUT2D eigenvalue weighted by Crippen LogP contribution is 2.34. The van der Waals surface area contributed by atoms with Crippen molar-refractivity contribution in [1.82, 2.24) is 29.5 Å². The molecule has 2 aliphatic rings. The highest BCUT2D eigenvalue weighted by atomic mass is 32.2. The number of nitrogens with zero attached hydrogens (tertiary/aromatic N) is 4. The maximum Gasteiger partial charge on any atom is 0.417 e. The summed E-state index contributed by atoms with van der Waals surface area (Å²) in [6, 6.07) is 10.9. The molecule has 0 aliphatic carbocycles. The maximum absolute atomic E-state index is 13.2. The van der Waals surface area contributed by atoms with E-state index < -0.39 is 33.7 Å². The van der Waals surface area contributed by atoms with Crippen LogP contribution in [0.25, 0.3) is 11.3 Å². The smallest absolute Gasteiger partial charge is 0.417 e. The number of fused-ring (bicyclic) bond motifs is 1. The van der Waals surface area contributed by atoms with Crippen LogP contribution in [-0.2, 0) is 39.4 Å². The van der Waals surface area contributed by atoms with E-state index in [0.717, 1.165) is 11.6 Å². The average molecular weight is 726 g/mol. The number of piperidine rings is 1. The van der Waals surface area contributed by atoms with Crippen LogP contribution in [0.5, 0.6) is 5.75 Å². The number of imidazole rings is 1. The second-order valence-electron chi connectivity index (χ2n) is 12.2. The molecule has 1 fully saturated rings. The standard InChI is InChI=1S/C34H34F3N7O6S/c1-43-19-28(39-20-43)26-16-24(7-9-27(26)41-30-11-5-22(17-38-30)34(35,36)37)51(48,49)40-13-3-2-4-14-50-23-6-8-25-21(15-23)18-44(33(25)47)29-10-12-31(45)42-32(29)46/h5-9,11,15-17,19-20,29,40H,2-4,10,12-14,18H2,1H3,(H,38,41)(H,42,45,46)/t29-/m0/s1. The Balaban J connectivity index is 0.998. The molecule has 13 nitrogen and oxygen atoms in total. The van der Waals surface area contributed by atoms with Gasteiger partial charge in [0, 0.05) is 55.8 Å². The number of anilines is 2. The van der Waals surface area contributed by atoms with Crippen LogP contribution >= 0.6 is 0 Å². The first-order chi connectivity index (χ1) is 24.3. The summed E-state index contributed by atoms with van der Waals surface area (Å²) < 4.78 is 75.5. The van der Waals surface area contributed by atoms with Gasteiger partial charge in [0.2, 0.25) is 21.8 Å². The molecule has 51 heavy (non-hydrogen) atoms. The predicted molar refractivity (Wildman–Crippen MR) is 178 cm³/mol. The number of carbonyl (C=O) groups excluding carboxylic acids is 3. The number of benzene rings is 2. The first kappa shape index (κ1) is 35.5. The highest BCUT2D eigenvalue weighted by molar-refractivity contribution is 7.89. The topological polar surface area (TPSA) is 165 Å². The van der Waals surface area contributed by atoms with Gasteiger partial charge in [-0.3, -0.25) is 19.7 Å².